The van der Waals surface area contributed by atoms with E-state index in [0.29, 0.717) is 11.8 Å². The van der Waals surface area contributed by atoms with E-state index in [9.17, 15) is 9.59 Å². The maximum absolute atomic E-state index is 10.8. The van der Waals surface area contributed by atoms with Crippen LogP contribution < -0.4 is 0 Å². The third-order valence-electron chi connectivity index (χ3n) is 1.20. The lowest BCUT2D eigenvalue weighted by Gasteiger charge is -2.04. The van der Waals surface area contributed by atoms with Crippen molar-refractivity contribution in [2.75, 3.05) is 13.2 Å². The fourth-order valence-corrected chi connectivity index (χ4v) is 0.561. The monoisotopic (exact) mass is 212 g/mol. The number of ether oxygens (including phenoxy) is 2. The number of carboxylic acid groups (broad SMARTS) is 1. The van der Waals surface area contributed by atoms with Gasteiger partial charge in [-0.1, -0.05) is 13.2 Å². The maximum atomic E-state index is 10.8. The second-order valence-electron chi connectivity index (χ2n) is 2.36. The van der Waals surface area contributed by atoms with Crippen LogP contribution in [0.2, 0.25) is 0 Å². The van der Waals surface area contributed by atoms with E-state index in [1.54, 1.807) is 0 Å². The molecule has 0 atom stereocenters. The summed E-state index contributed by atoms with van der Waals surface area (Å²) in [7, 11) is 0. The third-order valence-corrected chi connectivity index (χ3v) is 1.20. The largest absolute Gasteiger partial charge is 0.491 e. The van der Waals surface area contributed by atoms with Gasteiger partial charge in [0.1, 0.15) is 19.0 Å². The molecule has 0 saturated carbocycles. The zero-order valence-electron chi connectivity index (χ0n) is 8.14. The van der Waals surface area contributed by atoms with Crippen molar-refractivity contribution in [3.05, 3.63) is 37.1 Å². The molecule has 0 heterocycles. The molecule has 0 saturated heterocycles. The van der Waals surface area contributed by atoms with E-state index in [1.165, 1.54) is 6.08 Å². The van der Waals surface area contributed by atoms with Gasteiger partial charge >= 0.3 is 11.9 Å². The first-order valence-corrected chi connectivity index (χ1v) is 4.08. The summed E-state index contributed by atoms with van der Waals surface area (Å²) in [5.74, 6) is -1.56. The number of esters is 1. The molecule has 15 heavy (non-hydrogen) atoms. The highest BCUT2D eigenvalue weighted by molar-refractivity contribution is 5.90. The maximum Gasteiger partial charge on any atom is 0.331 e. The van der Waals surface area contributed by atoms with Crippen molar-refractivity contribution in [3.8, 4) is 0 Å². The van der Waals surface area contributed by atoms with Crippen molar-refractivity contribution < 1.29 is 24.2 Å². The minimum Gasteiger partial charge on any atom is -0.491 e. The van der Waals surface area contributed by atoms with E-state index >= 15 is 0 Å². The average Bonchev–Trinajstić information content (AvgIpc) is 2.21. The molecule has 0 amide bonds. The van der Waals surface area contributed by atoms with Gasteiger partial charge in [-0.05, 0) is 6.08 Å². The Bertz CT molecular complexity index is 290. The van der Waals surface area contributed by atoms with Gasteiger partial charge in [-0.25, -0.2) is 9.59 Å². The first-order chi connectivity index (χ1) is 7.06. The minimum atomic E-state index is -1.21. The van der Waals surface area contributed by atoms with Gasteiger partial charge in [0.2, 0.25) is 0 Å². The number of hydrogen-bond donors (Lipinski definition) is 1. The molecule has 0 aromatic heterocycles. The second-order valence-corrected chi connectivity index (χ2v) is 2.36. The van der Waals surface area contributed by atoms with E-state index in [2.05, 4.69) is 17.9 Å². The Labute approximate surface area is 87.3 Å². The summed E-state index contributed by atoms with van der Waals surface area (Å²) in [6.45, 7) is 7.07. The van der Waals surface area contributed by atoms with Gasteiger partial charge in [0.25, 0.3) is 0 Å². The smallest absolute Gasteiger partial charge is 0.331 e. The topological polar surface area (TPSA) is 72.8 Å². The highest BCUT2D eigenvalue weighted by Crippen LogP contribution is 1.93. The molecule has 0 radical (unpaired) electrons. The summed E-state index contributed by atoms with van der Waals surface area (Å²) in [6.07, 6.45) is 2.95. The lowest BCUT2D eigenvalue weighted by molar-refractivity contribution is -0.139. The number of hydrogen-bond acceptors (Lipinski definition) is 4. The molecule has 0 aromatic rings. The molecule has 0 unspecified atom stereocenters. The molecular weight excluding hydrogens is 200 g/mol. The lowest BCUT2D eigenvalue weighted by atomic mass is 10.5. The predicted octanol–water partition coefficient (Wildman–Crippen LogP) is 0.887. The Morgan fingerprint density at radius 1 is 1.20 bits per heavy atom. The van der Waals surface area contributed by atoms with Crippen molar-refractivity contribution in [1.82, 2.24) is 0 Å². The van der Waals surface area contributed by atoms with Gasteiger partial charge in [0.05, 0.1) is 0 Å². The summed E-state index contributed by atoms with van der Waals surface area (Å²) in [4.78, 5) is 20.8. The summed E-state index contributed by atoms with van der Waals surface area (Å²) in [5, 5.41) is 8.20. The van der Waals surface area contributed by atoms with E-state index in [-0.39, 0.29) is 13.2 Å². The summed E-state index contributed by atoms with van der Waals surface area (Å²) in [5.41, 5.74) is 0. The molecule has 82 valence electrons. The summed E-state index contributed by atoms with van der Waals surface area (Å²) >= 11 is 0. The molecule has 1 N–H and O–H groups in total. The first kappa shape index (κ1) is 13.0. The zero-order chi connectivity index (χ0) is 11.7. The average molecular weight is 212 g/mol. The predicted molar refractivity (Wildman–Crippen MR) is 53.0 cm³/mol. The van der Waals surface area contributed by atoms with Crippen molar-refractivity contribution in [3.63, 3.8) is 0 Å². The van der Waals surface area contributed by atoms with Crippen LogP contribution in [0.4, 0.5) is 0 Å². The fraction of sp³-hybridized carbons (Fsp3) is 0.200. The Hall–Kier alpha value is -2.04. The number of rotatable bonds is 7. The van der Waals surface area contributed by atoms with Gasteiger partial charge in [0.15, 0.2) is 0 Å². The van der Waals surface area contributed by atoms with E-state index in [0.717, 1.165) is 6.08 Å². The standard InChI is InChI=1S/C10H12O5/c1-3-8(2)14-6-7-15-10(13)5-4-9(11)12/h3-5H,1-2,6-7H2,(H,11,12)/b5-4-. The molecule has 0 aromatic carbocycles. The highest BCUT2D eigenvalue weighted by Gasteiger charge is 1.98. The van der Waals surface area contributed by atoms with Gasteiger partial charge in [-0.15, -0.1) is 0 Å². The normalized spacial score (nSPS) is 9.60. The number of carbonyl (C=O) groups excluding carboxylic acids is 1. The molecule has 0 aliphatic rings. The molecule has 0 spiro atoms. The van der Waals surface area contributed by atoms with Crippen molar-refractivity contribution in [2.24, 2.45) is 0 Å². The van der Waals surface area contributed by atoms with Crippen molar-refractivity contribution >= 4 is 11.9 Å². The van der Waals surface area contributed by atoms with Gasteiger partial charge in [0, 0.05) is 12.2 Å². The molecule has 5 heteroatoms. The van der Waals surface area contributed by atoms with Crippen LogP contribution >= 0.6 is 0 Å². The Balaban J connectivity index is 3.60. The van der Waals surface area contributed by atoms with Crippen LogP contribution in [0.3, 0.4) is 0 Å². The molecule has 5 nitrogen and oxygen atoms in total. The molecule has 0 aliphatic carbocycles. The molecule has 0 bridgehead atoms. The minimum absolute atomic E-state index is 0.0235. The quantitative estimate of drug-likeness (QED) is 0.223. The number of carboxylic acids is 1. The van der Waals surface area contributed by atoms with Crippen LogP contribution in [0.25, 0.3) is 0 Å². The van der Waals surface area contributed by atoms with E-state index in [4.69, 9.17) is 9.84 Å². The number of allylic oxidation sites excluding steroid dienone is 1. The van der Waals surface area contributed by atoms with Crippen LogP contribution in [0, 0.1) is 0 Å². The van der Waals surface area contributed by atoms with Gasteiger partial charge < -0.3 is 14.6 Å². The molecule has 0 fully saturated rings. The van der Waals surface area contributed by atoms with Gasteiger partial charge in [-0.3, -0.25) is 0 Å². The molecule has 0 aliphatic heterocycles. The zero-order valence-corrected chi connectivity index (χ0v) is 8.14. The van der Waals surface area contributed by atoms with Crippen LogP contribution in [0.5, 0.6) is 0 Å². The van der Waals surface area contributed by atoms with Crippen molar-refractivity contribution in [1.29, 1.82) is 0 Å². The SMILES string of the molecule is C=CC(=C)OCCOC(=O)/C=C\C(=O)O. The number of aliphatic carboxylic acids is 1. The Morgan fingerprint density at radius 2 is 1.80 bits per heavy atom. The van der Waals surface area contributed by atoms with E-state index in [1.807, 2.05) is 0 Å². The van der Waals surface area contributed by atoms with Crippen molar-refractivity contribution in [2.45, 2.75) is 0 Å². The Morgan fingerprint density at radius 3 is 2.33 bits per heavy atom. The second kappa shape index (κ2) is 7.37. The molecular formula is C10H12O5. The summed E-state index contributed by atoms with van der Waals surface area (Å²) < 4.78 is 9.53. The summed E-state index contributed by atoms with van der Waals surface area (Å²) in [6, 6.07) is 0. The van der Waals surface area contributed by atoms with Crippen LogP contribution in [-0.4, -0.2) is 30.3 Å². The Kier molecular flexibility index (Phi) is 6.37. The highest BCUT2D eigenvalue weighted by atomic mass is 16.6. The molecule has 0 rings (SSSR count). The van der Waals surface area contributed by atoms with Crippen LogP contribution in [0.15, 0.2) is 37.1 Å². The third kappa shape index (κ3) is 8.29. The fourth-order valence-electron chi connectivity index (χ4n) is 0.561. The van der Waals surface area contributed by atoms with E-state index < -0.39 is 11.9 Å². The lowest BCUT2D eigenvalue weighted by Crippen LogP contribution is -2.08. The van der Waals surface area contributed by atoms with Crippen LogP contribution in [-0.2, 0) is 19.1 Å². The van der Waals surface area contributed by atoms with Gasteiger partial charge in [-0.2, -0.15) is 0 Å². The number of carbonyl (C=O) groups is 2. The van der Waals surface area contributed by atoms with Crippen LogP contribution in [0.1, 0.15) is 0 Å². The first-order valence-electron chi connectivity index (χ1n) is 4.08.